The molecule has 0 bridgehead atoms. The van der Waals surface area contributed by atoms with Gasteiger partial charge in [0.1, 0.15) is 10.7 Å². The van der Waals surface area contributed by atoms with E-state index in [1.54, 1.807) is 19.2 Å². The second-order valence-electron chi connectivity index (χ2n) is 6.05. The van der Waals surface area contributed by atoms with Crippen LogP contribution in [-0.2, 0) is 16.1 Å². The number of amides is 1. The summed E-state index contributed by atoms with van der Waals surface area (Å²) in [5.74, 6) is -1.22. The first kappa shape index (κ1) is 18.1. The lowest BCUT2D eigenvalue weighted by atomic mass is 10.1. The van der Waals surface area contributed by atoms with Crippen molar-refractivity contribution in [1.82, 2.24) is 4.90 Å². The van der Waals surface area contributed by atoms with Crippen LogP contribution in [0, 0.1) is 12.7 Å². The van der Waals surface area contributed by atoms with Gasteiger partial charge >= 0.3 is 5.97 Å². The minimum Gasteiger partial charge on any atom is -0.451 e. The number of likely N-dealkylation sites (N-methyl/N-ethyl adjacent to an activating group) is 1. The molecule has 1 amide bonds. The second-order valence-corrected chi connectivity index (χ2v) is 7.13. The van der Waals surface area contributed by atoms with Gasteiger partial charge < -0.3 is 9.64 Å². The Kier molecular flexibility index (Phi) is 5.32. The van der Waals surface area contributed by atoms with E-state index in [0.717, 1.165) is 15.8 Å². The Bertz CT molecular complexity index is 967. The molecule has 0 N–H and O–H groups in total. The third kappa shape index (κ3) is 4.08. The number of aryl methyl sites for hydroxylation is 1. The maximum Gasteiger partial charge on any atom is 0.348 e. The van der Waals surface area contributed by atoms with Crippen molar-refractivity contribution in [3.05, 3.63) is 70.4 Å². The van der Waals surface area contributed by atoms with E-state index in [4.69, 9.17) is 4.74 Å². The van der Waals surface area contributed by atoms with Gasteiger partial charge in [0.05, 0.1) is 0 Å². The summed E-state index contributed by atoms with van der Waals surface area (Å²) in [5, 5.41) is 0.643. The first-order valence-corrected chi connectivity index (χ1v) is 8.90. The average Bonchev–Trinajstić information content (AvgIpc) is 3.04. The zero-order valence-electron chi connectivity index (χ0n) is 14.5. The van der Waals surface area contributed by atoms with Gasteiger partial charge in [0.15, 0.2) is 6.61 Å². The van der Waals surface area contributed by atoms with Crippen LogP contribution < -0.4 is 0 Å². The molecule has 0 saturated heterocycles. The summed E-state index contributed by atoms with van der Waals surface area (Å²) in [6.45, 7) is 2.10. The predicted molar refractivity (Wildman–Crippen MR) is 99.7 cm³/mol. The van der Waals surface area contributed by atoms with E-state index in [9.17, 15) is 14.0 Å². The lowest BCUT2D eigenvalue weighted by Gasteiger charge is -2.18. The highest BCUT2D eigenvalue weighted by atomic mass is 32.1. The highest BCUT2D eigenvalue weighted by molar-refractivity contribution is 7.20. The molecule has 0 saturated carbocycles. The summed E-state index contributed by atoms with van der Waals surface area (Å²) < 4.78 is 19.2. The Morgan fingerprint density at radius 3 is 2.69 bits per heavy atom. The van der Waals surface area contributed by atoms with Gasteiger partial charge in [-0.25, -0.2) is 9.18 Å². The highest BCUT2D eigenvalue weighted by Crippen LogP contribution is 2.26. The highest BCUT2D eigenvalue weighted by Gasteiger charge is 2.16. The minimum absolute atomic E-state index is 0.284. The van der Waals surface area contributed by atoms with Crippen LogP contribution in [0.3, 0.4) is 0 Å². The summed E-state index contributed by atoms with van der Waals surface area (Å²) in [7, 11) is 1.67. The van der Waals surface area contributed by atoms with E-state index in [0.29, 0.717) is 16.8 Å². The predicted octanol–water partition coefficient (Wildman–Crippen LogP) is 4.16. The molecule has 26 heavy (non-hydrogen) atoms. The van der Waals surface area contributed by atoms with Gasteiger partial charge in [-0.3, -0.25) is 4.79 Å². The van der Waals surface area contributed by atoms with Crippen LogP contribution in [0.2, 0.25) is 0 Å². The van der Waals surface area contributed by atoms with Crippen LogP contribution in [0.4, 0.5) is 4.39 Å². The number of hydrogen-bond donors (Lipinski definition) is 0. The Hall–Kier alpha value is -2.73. The van der Waals surface area contributed by atoms with Gasteiger partial charge in [0.2, 0.25) is 0 Å². The van der Waals surface area contributed by atoms with Crippen molar-refractivity contribution in [2.45, 2.75) is 13.5 Å². The number of fused-ring (bicyclic) bond motifs is 1. The molecule has 0 unspecified atom stereocenters. The molecular formula is C20H18FNO3S. The van der Waals surface area contributed by atoms with Crippen LogP contribution in [0.25, 0.3) is 10.1 Å². The molecule has 0 fully saturated rings. The zero-order chi connectivity index (χ0) is 18.7. The summed E-state index contributed by atoms with van der Waals surface area (Å²) in [6.07, 6.45) is 0. The molecule has 6 heteroatoms. The maximum atomic E-state index is 13.2. The molecule has 3 rings (SSSR count). The maximum absolute atomic E-state index is 13.2. The van der Waals surface area contributed by atoms with Crippen LogP contribution in [0.15, 0.2) is 48.5 Å². The molecule has 0 spiro atoms. The van der Waals surface area contributed by atoms with Gasteiger partial charge in [-0.1, -0.05) is 24.3 Å². The van der Waals surface area contributed by atoms with Crippen molar-refractivity contribution in [2.75, 3.05) is 13.7 Å². The zero-order valence-corrected chi connectivity index (χ0v) is 15.3. The molecule has 134 valence electrons. The summed E-state index contributed by atoms with van der Waals surface area (Å²) in [5.41, 5.74) is 2.14. The number of rotatable bonds is 5. The smallest absolute Gasteiger partial charge is 0.348 e. The molecule has 0 aliphatic heterocycles. The van der Waals surface area contributed by atoms with Crippen molar-refractivity contribution in [3.63, 3.8) is 0 Å². The number of halogens is 1. The lowest BCUT2D eigenvalue weighted by molar-refractivity contribution is -0.133. The van der Waals surface area contributed by atoms with E-state index < -0.39 is 5.97 Å². The molecule has 3 aromatic rings. The topological polar surface area (TPSA) is 46.6 Å². The van der Waals surface area contributed by atoms with Crippen molar-refractivity contribution in [2.24, 2.45) is 0 Å². The number of nitrogens with zero attached hydrogens (tertiary/aromatic N) is 1. The van der Waals surface area contributed by atoms with E-state index >= 15 is 0 Å². The fraction of sp³-hybridized carbons (Fsp3) is 0.200. The van der Waals surface area contributed by atoms with E-state index in [-0.39, 0.29) is 18.3 Å². The Morgan fingerprint density at radius 1 is 1.15 bits per heavy atom. The molecule has 1 heterocycles. The Morgan fingerprint density at radius 2 is 1.92 bits per heavy atom. The van der Waals surface area contributed by atoms with E-state index in [2.05, 4.69) is 0 Å². The number of ether oxygens (including phenoxy) is 1. The summed E-state index contributed by atoms with van der Waals surface area (Å²) in [6, 6.07) is 13.7. The minimum atomic E-state index is -0.579. The fourth-order valence-corrected chi connectivity index (χ4v) is 3.49. The quantitative estimate of drug-likeness (QED) is 0.633. The second kappa shape index (κ2) is 7.66. The van der Waals surface area contributed by atoms with Crippen LogP contribution in [0.5, 0.6) is 0 Å². The van der Waals surface area contributed by atoms with Gasteiger partial charge in [-0.05, 0) is 47.7 Å². The first-order valence-electron chi connectivity index (χ1n) is 8.09. The molecule has 0 atom stereocenters. The summed E-state index contributed by atoms with van der Waals surface area (Å²) in [4.78, 5) is 26.2. The average molecular weight is 371 g/mol. The van der Waals surface area contributed by atoms with Crippen molar-refractivity contribution >= 4 is 33.3 Å². The number of carbonyl (C=O) groups excluding carboxylic acids is 2. The normalized spacial score (nSPS) is 10.7. The molecule has 4 nitrogen and oxygen atoms in total. The van der Waals surface area contributed by atoms with Gasteiger partial charge in [-0.15, -0.1) is 11.3 Å². The van der Waals surface area contributed by atoms with Crippen molar-refractivity contribution in [1.29, 1.82) is 0 Å². The largest absolute Gasteiger partial charge is 0.451 e. The number of benzene rings is 2. The molecule has 0 aliphatic rings. The van der Waals surface area contributed by atoms with E-state index in [1.165, 1.54) is 28.4 Å². The van der Waals surface area contributed by atoms with Gasteiger partial charge in [0.25, 0.3) is 5.91 Å². The Balaban J connectivity index is 1.59. The van der Waals surface area contributed by atoms with Crippen LogP contribution >= 0.6 is 11.3 Å². The molecule has 2 aromatic carbocycles. The third-order valence-corrected chi connectivity index (χ3v) is 5.20. The molecule has 0 radical (unpaired) electrons. The fourth-order valence-electron chi connectivity index (χ4n) is 2.55. The van der Waals surface area contributed by atoms with Crippen LogP contribution in [0.1, 0.15) is 20.8 Å². The first-order chi connectivity index (χ1) is 12.4. The molecular weight excluding hydrogens is 353 g/mol. The van der Waals surface area contributed by atoms with Crippen molar-refractivity contribution < 1.29 is 18.7 Å². The number of thiophene rings is 1. The van der Waals surface area contributed by atoms with Gasteiger partial charge in [0, 0.05) is 18.3 Å². The third-order valence-electron chi connectivity index (χ3n) is 4.10. The SMILES string of the molecule is Cc1ccccc1CN(C)C(=O)COC(=O)c1cc2cc(F)ccc2s1. The molecule has 1 aromatic heterocycles. The van der Waals surface area contributed by atoms with Crippen LogP contribution in [-0.4, -0.2) is 30.4 Å². The monoisotopic (exact) mass is 371 g/mol. The molecule has 0 aliphatic carbocycles. The van der Waals surface area contributed by atoms with Gasteiger partial charge in [-0.2, -0.15) is 0 Å². The number of hydrogen-bond acceptors (Lipinski definition) is 4. The van der Waals surface area contributed by atoms with E-state index in [1.807, 2.05) is 31.2 Å². The standard InChI is InChI=1S/C20H18FNO3S/c1-13-5-3-4-6-14(13)11-22(2)19(23)12-25-20(24)18-10-15-9-16(21)7-8-17(15)26-18/h3-10H,11-12H2,1-2H3. The Labute approximate surface area is 154 Å². The van der Waals surface area contributed by atoms with Crippen molar-refractivity contribution in [3.8, 4) is 0 Å². The summed E-state index contributed by atoms with van der Waals surface area (Å²) >= 11 is 1.21. The number of carbonyl (C=O) groups is 2. The number of esters is 1. The lowest BCUT2D eigenvalue weighted by Crippen LogP contribution is -2.31.